The van der Waals surface area contributed by atoms with E-state index < -0.39 is 6.29 Å². The predicted octanol–water partition coefficient (Wildman–Crippen LogP) is 1.61. The monoisotopic (exact) mass is 279 g/mol. The van der Waals surface area contributed by atoms with Gasteiger partial charge in [-0.1, -0.05) is 5.21 Å². The van der Waals surface area contributed by atoms with Gasteiger partial charge < -0.3 is 14.0 Å². The summed E-state index contributed by atoms with van der Waals surface area (Å²) in [6.45, 7) is 8.59. The Bertz CT molecular complexity index is 516. The number of aryl methyl sites for hydroxylation is 1. The molecule has 0 unspecified atom stereocenters. The maximum atomic E-state index is 5.51. The van der Waals surface area contributed by atoms with Crippen molar-refractivity contribution in [3.63, 3.8) is 0 Å². The summed E-state index contributed by atoms with van der Waals surface area (Å²) in [7, 11) is 0. The number of hydrogen-bond acceptors (Lipinski definition) is 5. The molecule has 0 aromatic carbocycles. The largest absolute Gasteiger partial charge is 0.347 e. The Hall–Kier alpha value is -1.73. The lowest BCUT2D eigenvalue weighted by Crippen LogP contribution is -2.09. The molecule has 0 N–H and O–H groups in total. The van der Waals surface area contributed by atoms with Crippen LogP contribution in [0.3, 0.4) is 0 Å². The van der Waals surface area contributed by atoms with Crippen molar-refractivity contribution < 1.29 is 9.47 Å². The molecule has 0 saturated heterocycles. The smallest absolute Gasteiger partial charge is 0.204 e. The highest BCUT2D eigenvalue weighted by Crippen LogP contribution is 2.16. The Morgan fingerprint density at radius 2 is 1.95 bits per heavy atom. The molecular formula is C13H21N5O2. The third-order valence-electron chi connectivity index (χ3n) is 2.90. The number of rotatable bonds is 8. The fourth-order valence-electron chi connectivity index (χ4n) is 1.95. The van der Waals surface area contributed by atoms with E-state index in [2.05, 4.69) is 26.8 Å². The van der Waals surface area contributed by atoms with Crippen molar-refractivity contribution in [2.45, 2.75) is 40.2 Å². The topological polar surface area (TPSA) is 67.0 Å². The van der Waals surface area contributed by atoms with Crippen molar-refractivity contribution in [1.82, 2.24) is 24.5 Å². The number of imidazole rings is 1. The van der Waals surface area contributed by atoms with Gasteiger partial charge in [-0.3, -0.25) is 0 Å². The first-order valence-electron chi connectivity index (χ1n) is 6.90. The van der Waals surface area contributed by atoms with Crippen LogP contribution in [0.4, 0.5) is 0 Å². The van der Waals surface area contributed by atoms with E-state index in [1.54, 1.807) is 4.68 Å². The van der Waals surface area contributed by atoms with E-state index in [4.69, 9.17) is 9.47 Å². The van der Waals surface area contributed by atoms with Crippen LogP contribution in [0.15, 0.2) is 18.7 Å². The maximum Gasteiger partial charge on any atom is 0.204 e. The highest BCUT2D eigenvalue weighted by Gasteiger charge is 2.16. The third kappa shape index (κ3) is 3.43. The molecule has 2 aromatic heterocycles. The first kappa shape index (κ1) is 14.7. The normalized spacial score (nSPS) is 11.4. The summed E-state index contributed by atoms with van der Waals surface area (Å²) in [6.07, 6.45) is 5.06. The minimum Gasteiger partial charge on any atom is -0.347 e. The Balaban J connectivity index is 2.08. The molecule has 0 aliphatic carbocycles. The van der Waals surface area contributed by atoms with E-state index in [0.717, 1.165) is 12.2 Å². The molecule has 7 nitrogen and oxygen atoms in total. The molecule has 0 bridgehead atoms. The van der Waals surface area contributed by atoms with Crippen LogP contribution in [-0.4, -0.2) is 37.8 Å². The van der Waals surface area contributed by atoms with Gasteiger partial charge in [-0.25, -0.2) is 9.67 Å². The average Bonchev–Trinajstić information content (AvgIpc) is 3.08. The summed E-state index contributed by atoms with van der Waals surface area (Å²) in [5.41, 5.74) is 1.78. The molecule has 2 heterocycles. The zero-order valence-electron chi connectivity index (χ0n) is 12.2. The summed E-state index contributed by atoms with van der Waals surface area (Å²) in [4.78, 5) is 4.14. The number of ether oxygens (including phenoxy) is 2. The molecule has 7 heteroatoms. The van der Waals surface area contributed by atoms with Gasteiger partial charge >= 0.3 is 0 Å². The fraction of sp³-hybridized carbons (Fsp3) is 0.615. The molecule has 0 aliphatic rings. The summed E-state index contributed by atoms with van der Waals surface area (Å²) < 4.78 is 14.9. The van der Waals surface area contributed by atoms with Gasteiger partial charge in [0.2, 0.25) is 6.29 Å². The van der Waals surface area contributed by atoms with Gasteiger partial charge in [0.05, 0.1) is 31.0 Å². The Kier molecular flexibility index (Phi) is 5.25. The van der Waals surface area contributed by atoms with Crippen LogP contribution < -0.4 is 0 Å². The standard InChI is InChI=1S/C13H21N5O2/c1-4-17-10-14-7-11(17)8-18-9-12(15-16-18)13(19-5-2)20-6-3/h7,9-10,13H,4-6,8H2,1-3H3. The molecule has 110 valence electrons. The minimum atomic E-state index is -0.449. The van der Waals surface area contributed by atoms with Gasteiger partial charge in [0.15, 0.2) is 0 Å². The molecule has 2 rings (SSSR count). The molecule has 0 amide bonds. The van der Waals surface area contributed by atoms with E-state index in [0.29, 0.717) is 25.5 Å². The van der Waals surface area contributed by atoms with E-state index in [1.165, 1.54) is 0 Å². The van der Waals surface area contributed by atoms with Crippen molar-refractivity contribution in [2.24, 2.45) is 0 Å². The van der Waals surface area contributed by atoms with Crippen LogP contribution >= 0.6 is 0 Å². The first-order chi connectivity index (χ1) is 9.78. The Morgan fingerprint density at radius 3 is 2.60 bits per heavy atom. The maximum absolute atomic E-state index is 5.51. The highest BCUT2D eigenvalue weighted by molar-refractivity contribution is 5.01. The second-order valence-electron chi connectivity index (χ2n) is 4.25. The number of nitrogens with zero attached hydrogens (tertiary/aromatic N) is 5. The van der Waals surface area contributed by atoms with Gasteiger partial charge in [-0.15, -0.1) is 5.10 Å². The van der Waals surface area contributed by atoms with E-state index in [1.807, 2.05) is 32.6 Å². The molecule has 0 fully saturated rings. The van der Waals surface area contributed by atoms with Crippen LogP contribution in [0.1, 0.15) is 38.4 Å². The van der Waals surface area contributed by atoms with Crippen molar-refractivity contribution in [2.75, 3.05) is 13.2 Å². The summed E-state index contributed by atoms with van der Waals surface area (Å²) in [5, 5.41) is 8.24. The lowest BCUT2D eigenvalue weighted by atomic mass is 10.4. The van der Waals surface area contributed by atoms with E-state index in [-0.39, 0.29) is 0 Å². The molecule has 0 radical (unpaired) electrons. The molecule has 0 spiro atoms. The first-order valence-corrected chi connectivity index (χ1v) is 6.90. The zero-order valence-corrected chi connectivity index (χ0v) is 12.2. The van der Waals surface area contributed by atoms with Crippen LogP contribution in [0.2, 0.25) is 0 Å². The summed E-state index contributed by atoms with van der Waals surface area (Å²) >= 11 is 0. The van der Waals surface area contributed by atoms with E-state index >= 15 is 0 Å². The summed E-state index contributed by atoms with van der Waals surface area (Å²) in [5.74, 6) is 0. The SMILES string of the molecule is CCOC(OCC)c1cn(Cc2cncn2CC)nn1. The van der Waals surface area contributed by atoms with Gasteiger partial charge in [-0.05, 0) is 20.8 Å². The highest BCUT2D eigenvalue weighted by atomic mass is 16.7. The van der Waals surface area contributed by atoms with Crippen LogP contribution in [0.5, 0.6) is 0 Å². The lowest BCUT2D eigenvalue weighted by molar-refractivity contribution is -0.142. The zero-order chi connectivity index (χ0) is 14.4. The van der Waals surface area contributed by atoms with Crippen LogP contribution in [0, 0.1) is 0 Å². The van der Waals surface area contributed by atoms with Crippen LogP contribution in [-0.2, 0) is 22.6 Å². The minimum absolute atomic E-state index is 0.449. The van der Waals surface area contributed by atoms with Crippen LogP contribution in [0.25, 0.3) is 0 Å². The molecular weight excluding hydrogens is 258 g/mol. The average molecular weight is 279 g/mol. The Labute approximate surface area is 118 Å². The number of aromatic nitrogens is 5. The van der Waals surface area contributed by atoms with Crippen molar-refractivity contribution in [3.05, 3.63) is 30.1 Å². The predicted molar refractivity (Wildman–Crippen MR) is 73.0 cm³/mol. The lowest BCUT2D eigenvalue weighted by Gasteiger charge is -2.13. The molecule has 2 aromatic rings. The van der Waals surface area contributed by atoms with Gasteiger partial charge in [0, 0.05) is 19.8 Å². The van der Waals surface area contributed by atoms with Gasteiger partial charge in [0.25, 0.3) is 0 Å². The second-order valence-corrected chi connectivity index (χ2v) is 4.25. The third-order valence-corrected chi connectivity index (χ3v) is 2.90. The van der Waals surface area contributed by atoms with Gasteiger partial charge in [0.1, 0.15) is 5.69 Å². The van der Waals surface area contributed by atoms with Crippen molar-refractivity contribution >= 4 is 0 Å². The van der Waals surface area contributed by atoms with Crippen molar-refractivity contribution in [3.8, 4) is 0 Å². The number of hydrogen-bond donors (Lipinski definition) is 0. The molecule has 0 atom stereocenters. The van der Waals surface area contributed by atoms with Crippen molar-refractivity contribution in [1.29, 1.82) is 0 Å². The Morgan fingerprint density at radius 1 is 1.20 bits per heavy atom. The quantitative estimate of drug-likeness (QED) is 0.687. The van der Waals surface area contributed by atoms with E-state index in [9.17, 15) is 0 Å². The van der Waals surface area contributed by atoms with Gasteiger partial charge in [-0.2, -0.15) is 0 Å². The molecule has 0 saturated carbocycles. The summed E-state index contributed by atoms with van der Waals surface area (Å²) in [6, 6.07) is 0. The second kappa shape index (κ2) is 7.16. The fourth-order valence-corrected chi connectivity index (χ4v) is 1.95. The molecule has 20 heavy (non-hydrogen) atoms. The molecule has 0 aliphatic heterocycles.